The number of benzene rings is 2. The maximum Gasteiger partial charge on any atom is 0.223 e. The smallest absolute Gasteiger partial charge is 0.223 e. The number of nitrogens with zero attached hydrogens (tertiary/aromatic N) is 1. The number of ether oxygens (including phenoxy) is 4. The summed E-state index contributed by atoms with van der Waals surface area (Å²) in [6.07, 6.45) is 2.98. The molecule has 0 spiro atoms. The van der Waals surface area contributed by atoms with Crippen LogP contribution in [0.1, 0.15) is 40.7 Å². The number of hydrogen-bond acceptors (Lipinski definition) is 6. The summed E-state index contributed by atoms with van der Waals surface area (Å²) in [5.41, 5.74) is 3.42. The minimum absolute atomic E-state index is 0.0427. The number of methoxy groups -OCH3 is 4. The van der Waals surface area contributed by atoms with Crippen molar-refractivity contribution in [3.8, 4) is 23.0 Å². The Kier molecular flexibility index (Phi) is 7.98. The highest BCUT2D eigenvalue weighted by Gasteiger charge is 2.24. The average molecular weight is 454 g/mol. The first-order valence-corrected chi connectivity index (χ1v) is 10.9. The monoisotopic (exact) mass is 453 g/mol. The molecule has 2 aromatic carbocycles. The predicted octanol–water partition coefficient (Wildman–Crippen LogP) is 4.31. The molecule has 0 saturated heterocycles. The van der Waals surface area contributed by atoms with Crippen LogP contribution in [0.15, 0.2) is 36.4 Å². The van der Waals surface area contributed by atoms with E-state index >= 15 is 0 Å². The zero-order chi connectivity index (χ0) is 24.0. The molecule has 0 atom stereocenters. The summed E-state index contributed by atoms with van der Waals surface area (Å²) in [4.78, 5) is 27.2. The topological polar surface area (TPSA) is 74.3 Å². The molecule has 7 nitrogen and oxygen atoms in total. The van der Waals surface area contributed by atoms with Crippen LogP contribution in [0.4, 0.5) is 0 Å². The fourth-order valence-electron chi connectivity index (χ4n) is 4.00. The van der Waals surface area contributed by atoms with E-state index < -0.39 is 0 Å². The van der Waals surface area contributed by atoms with E-state index in [2.05, 4.69) is 0 Å². The molecule has 7 heteroatoms. The first-order valence-electron chi connectivity index (χ1n) is 10.9. The summed E-state index contributed by atoms with van der Waals surface area (Å²) in [7, 11) is 6.35. The maximum atomic E-state index is 12.8. The van der Waals surface area contributed by atoms with Crippen LogP contribution in [-0.4, -0.2) is 58.1 Å². The highest BCUT2D eigenvalue weighted by atomic mass is 16.5. The largest absolute Gasteiger partial charge is 0.496 e. The van der Waals surface area contributed by atoms with E-state index in [0.717, 1.165) is 16.7 Å². The van der Waals surface area contributed by atoms with Crippen molar-refractivity contribution in [2.75, 3.05) is 41.5 Å². The second kappa shape index (κ2) is 10.9. The van der Waals surface area contributed by atoms with Gasteiger partial charge >= 0.3 is 0 Å². The Balaban J connectivity index is 1.67. The summed E-state index contributed by atoms with van der Waals surface area (Å²) in [5.74, 6) is 2.37. The molecular weight excluding hydrogens is 422 g/mol. The molecule has 0 radical (unpaired) electrons. The Morgan fingerprint density at radius 2 is 1.55 bits per heavy atom. The van der Waals surface area contributed by atoms with Crippen LogP contribution in [0.5, 0.6) is 23.0 Å². The Morgan fingerprint density at radius 3 is 2.09 bits per heavy atom. The number of rotatable bonds is 9. The Morgan fingerprint density at radius 1 is 0.879 bits per heavy atom. The van der Waals surface area contributed by atoms with Gasteiger partial charge in [0.05, 0.1) is 39.6 Å². The van der Waals surface area contributed by atoms with E-state index in [1.165, 1.54) is 7.11 Å². The van der Waals surface area contributed by atoms with Crippen LogP contribution >= 0.6 is 0 Å². The lowest BCUT2D eigenvalue weighted by molar-refractivity contribution is -0.130. The number of Topliss-reactive ketones (excluding diaryl/α,β-unsaturated/α-hetero) is 1. The van der Waals surface area contributed by atoms with Crippen molar-refractivity contribution in [2.45, 2.75) is 26.2 Å². The molecule has 33 heavy (non-hydrogen) atoms. The van der Waals surface area contributed by atoms with Gasteiger partial charge in [-0.2, -0.15) is 0 Å². The van der Waals surface area contributed by atoms with Crippen LogP contribution in [0, 0.1) is 6.92 Å². The lowest BCUT2D eigenvalue weighted by Crippen LogP contribution is -2.34. The highest BCUT2D eigenvalue weighted by Crippen LogP contribution is 2.40. The summed E-state index contributed by atoms with van der Waals surface area (Å²) in [6.45, 7) is 2.95. The highest BCUT2D eigenvalue weighted by molar-refractivity contribution is 6.00. The number of amides is 1. The van der Waals surface area contributed by atoms with Gasteiger partial charge in [-0.3, -0.25) is 9.59 Å². The molecule has 1 aliphatic heterocycles. The van der Waals surface area contributed by atoms with Crippen LogP contribution < -0.4 is 18.9 Å². The molecule has 0 aliphatic carbocycles. The summed E-state index contributed by atoms with van der Waals surface area (Å²) in [6, 6.07) is 9.12. The van der Waals surface area contributed by atoms with E-state index in [1.807, 2.05) is 31.2 Å². The third-order valence-corrected chi connectivity index (χ3v) is 5.82. The molecule has 2 aromatic rings. The molecular formula is C26H31NO6. The third kappa shape index (κ3) is 5.48. The van der Waals surface area contributed by atoms with Gasteiger partial charge in [-0.15, -0.1) is 0 Å². The van der Waals surface area contributed by atoms with Gasteiger partial charge in [-0.05, 0) is 31.1 Å². The zero-order valence-electron chi connectivity index (χ0n) is 19.9. The van der Waals surface area contributed by atoms with Crippen molar-refractivity contribution < 1.29 is 28.5 Å². The molecule has 0 aromatic heterocycles. The first kappa shape index (κ1) is 24.2. The molecule has 1 aliphatic rings. The van der Waals surface area contributed by atoms with Gasteiger partial charge in [0.1, 0.15) is 23.0 Å². The summed E-state index contributed by atoms with van der Waals surface area (Å²) < 4.78 is 21.7. The van der Waals surface area contributed by atoms with Crippen LogP contribution in [-0.2, 0) is 4.79 Å². The van der Waals surface area contributed by atoms with Crippen LogP contribution in [0.3, 0.4) is 0 Å². The van der Waals surface area contributed by atoms with Crippen molar-refractivity contribution in [3.63, 3.8) is 0 Å². The van der Waals surface area contributed by atoms with E-state index in [0.29, 0.717) is 48.1 Å². The van der Waals surface area contributed by atoms with Gasteiger partial charge < -0.3 is 23.8 Å². The summed E-state index contributed by atoms with van der Waals surface area (Å²) >= 11 is 0. The zero-order valence-corrected chi connectivity index (χ0v) is 19.9. The van der Waals surface area contributed by atoms with Gasteiger partial charge in [-0.25, -0.2) is 0 Å². The van der Waals surface area contributed by atoms with Crippen molar-refractivity contribution >= 4 is 17.3 Å². The number of carbonyl (C=O) groups is 2. The second-order valence-corrected chi connectivity index (χ2v) is 7.85. The molecule has 3 rings (SSSR count). The van der Waals surface area contributed by atoms with Gasteiger partial charge in [0.25, 0.3) is 0 Å². The number of ketones is 1. The molecule has 0 bridgehead atoms. The second-order valence-electron chi connectivity index (χ2n) is 7.85. The minimum Gasteiger partial charge on any atom is -0.496 e. The Bertz CT molecular complexity index is 1030. The fourth-order valence-corrected chi connectivity index (χ4v) is 4.00. The number of aryl methyl sites for hydroxylation is 1. The first-order chi connectivity index (χ1) is 15.9. The molecule has 0 N–H and O–H groups in total. The fraction of sp³-hybridized carbons (Fsp3) is 0.385. The van der Waals surface area contributed by atoms with Crippen molar-refractivity contribution in [3.05, 3.63) is 53.1 Å². The van der Waals surface area contributed by atoms with Crippen molar-refractivity contribution in [1.29, 1.82) is 0 Å². The lowest BCUT2D eigenvalue weighted by Gasteiger charge is -2.28. The van der Waals surface area contributed by atoms with Crippen molar-refractivity contribution in [2.24, 2.45) is 0 Å². The average Bonchev–Trinajstić information content (AvgIpc) is 2.86. The molecule has 0 fully saturated rings. The van der Waals surface area contributed by atoms with Crippen LogP contribution in [0.2, 0.25) is 0 Å². The molecule has 176 valence electrons. The van der Waals surface area contributed by atoms with Crippen LogP contribution in [0.25, 0.3) is 5.57 Å². The molecule has 0 saturated carbocycles. The standard InChI is InChI=1S/C26H31NO6/c1-17-6-8-22(31-3)20(14-17)21(28)7-9-25(29)27-12-10-18(11-13-27)26-23(32-4)15-19(30-2)16-24(26)33-5/h6,8,10,14-16H,7,9,11-13H2,1-5H3. The van der Waals surface area contributed by atoms with E-state index in [4.69, 9.17) is 18.9 Å². The quantitative estimate of drug-likeness (QED) is 0.527. The molecule has 1 amide bonds. The molecule has 0 unspecified atom stereocenters. The van der Waals surface area contributed by atoms with E-state index in [-0.39, 0.29) is 24.5 Å². The van der Waals surface area contributed by atoms with Gasteiger partial charge in [0.2, 0.25) is 5.91 Å². The number of carbonyl (C=O) groups excluding carboxylic acids is 2. The van der Waals surface area contributed by atoms with Gasteiger partial charge in [-0.1, -0.05) is 17.7 Å². The van der Waals surface area contributed by atoms with Gasteiger partial charge in [0.15, 0.2) is 5.78 Å². The maximum absolute atomic E-state index is 12.8. The van der Waals surface area contributed by atoms with E-state index in [1.54, 1.807) is 38.4 Å². The Labute approximate surface area is 194 Å². The SMILES string of the molecule is COc1cc(OC)c(C2=CCN(C(=O)CCC(=O)c3cc(C)ccc3OC)CC2)c(OC)c1. The Hall–Kier alpha value is -3.48. The predicted molar refractivity (Wildman–Crippen MR) is 127 cm³/mol. The third-order valence-electron chi connectivity index (χ3n) is 5.82. The normalized spacial score (nSPS) is 13.2. The van der Waals surface area contributed by atoms with Crippen molar-refractivity contribution in [1.82, 2.24) is 4.90 Å². The lowest BCUT2D eigenvalue weighted by atomic mass is 9.96. The number of hydrogen-bond donors (Lipinski definition) is 0. The molecule has 1 heterocycles. The van der Waals surface area contributed by atoms with Gasteiger partial charge in [0, 0.05) is 38.1 Å². The van der Waals surface area contributed by atoms with E-state index in [9.17, 15) is 9.59 Å². The summed E-state index contributed by atoms with van der Waals surface area (Å²) in [5, 5.41) is 0. The minimum atomic E-state index is -0.0927.